The highest BCUT2D eigenvalue weighted by atomic mass is 16.2. The number of amides is 1. The molecule has 6 heteroatoms. The molecule has 0 spiro atoms. The Balaban J connectivity index is 1.94. The molecule has 1 amide bonds. The lowest BCUT2D eigenvalue weighted by atomic mass is 10.2. The molecule has 0 saturated carbocycles. The Hall–Kier alpha value is -1.56. The van der Waals surface area contributed by atoms with Gasteiger partial charge >= 0.3 is 0 Å². The van der Waals surface area contributed by atoms with Crippen LogP contribution in [-0.2, 0) is 4.79 Å². The zero-order chi connectivity index (χ0) is 15.9. The Bertz CT molecular complexity index is 415. The summed E-state index contributed by atoms with van der Waals surface area (Å²) in [6.45, 7) is 9.05. The van der Waals surface area contributed by atoms with Gasteiger partial charge in [-0.3, -0.25) is 9.69 Å². The van der Waals surface area contributed by atoms with Gasteiger partial charge in [0.15, 0.2) is 5.96 Å². The first-order valence-electron chi connectivity index (χ1n) is 8.20. The summed E-state index contributed by atoms with van der Waals surface area (Å²) >= 11 is 0. The molecule has 1 N–H and O–H groups in total. The molecule has 1 atom stereocenters. The maximum Gasteiger partial charge on any atom is 0.243 e. The quantitative estimate of drug-likeness (QED) is 0.453. The van der Waals surface area contributed by atoms with E-state index in [4.69, 9.17) is 0 Å². The van der Waals surface area contributed by atoms with Crippen molar-refractivity contribution >= 4 is 11.9 Å². The topological polar surface area (TPSA) is 51.2 Å². The number of carbonyl (C=O) groups is 1. The van der Waals surface area contributed by atoms with Crippen LogP contribution in [0.5, 0.6) is 0 Å². The third kappa shape index (κ3) is 4.47. The monoisotopic (exact) mass is 307 g/mol. The molecule has 2 heterocycles. The van der Waals surface area contributed by atoms with Crippen molar-refractivity contribution in [3.8, 4) is 0 Å². The molecule has 2 aliphatic heterocycles. The van der Waals surface area contributed by atoms with Crippen LogP contribution in [0.4, 0.5) is 0 Å². The van der Waals surface area contributed by atoms with Gasteiger partial charge in [-0.15, -0.1) is 6.58 Å². The number of likely N-dealkylation sites (N-methyl/N-ethyl adjacent to an activating group) is 1. The summed E-state index contributed by atoms with van der Waals surface area (Å²) in [5.41, 5.74) is 0. The van der Waals surface area contributed by atoms with E-state index in [1.807, 2.05) is 6.08 Å². The molecule has 0 aromatic rings. The van der Waals surface area contributed by atoms with Gasteiger partial charge in [0.1, 0.15) is 6.54 Å². The van der Waals surface area contributed by atoms with Gasteiger partial charge in [0.2, 0.25) is 5.91 Å². The van der Waals surface area contributed by atoms with Gasteiger partial charge in [-0.25, -0.2) is 4.99 Å². The molecule has 124 valence electrons. The number of aliphatic imine (C=N–C) groups is 1. The van der Waals surface area contributed by atoms with Crippen LogP contribution in [0.15, 0.2) is 17.6 Å². The number of rotatable bonds is 5. The fourth-order valence-electron chi connectivity index (χ4n) is 3.05. The zero-order valence-electron chi connectivity index (χ0n) is 13.9. The van der Waals surface area contributed by atoms with E-state index < -0.39 is 0 Å². The minimum Gasteiger partial charge on any atom is -0.353 e. The molecule has 2 rings (SSSR count). The molecule has 2 fully saturated rings. The predicted octanol–water partition coefficient (Wildman–Crippen LogP) is 0.376. The third-order valence-electron chi connectivity index (χ3n) is 4.39. The molecule has 0 aromatic carbocycles. The minimum atomic E-state index is 0.0215. The van der Waals surface area contributed by atoms with E-state index in [1.165, 1.54) is 32.4 Å². The number of carbonyl (C=O) groups excluding carboxylic acids is 1. The molecule has 0 aliphatic carbocycles. The van der Waals surface area contributed by atoms with E-state index in [9.17, 15) is 4.79 Å². The van der Waals surface area contributed by atoms with Gasteiger partial charge in [-0.2, -0.15) is 0 Å². The second-order valence-electron chi connectivity index (χ2n) is 6.23. The van der Waals surface area contributed by atoms with Gasteiger partial charge < -0.3 is 15.1 Å². The number of hydrogen-bond acceptors (Lipinski definition) is 3. The van der Waals surface area contributed by atoms with Crippen molar-refractivity contribution in [1.29, 1.82) is 0 Å². The van der Waals surface area contributed by atoms with Gasteiger partial charge in [0, 0.05) is 39.8 Å². The van der Waals surface area contributed by atoms with Gasteiger partial charge in [0.05, 0.1) is 0 Å². The average Bonchev–Trinajstić information content (AvgIpc) is 3.17. The van der Waals surface area contributed by atoms with E-state index >= 15 is 0 Å². The third-order valence-corrected chi connectivity index (χ3v) is 4.39. The highest BCUT2D eigenvalue weighted by Crippen LogP contribution is 2.20. The van der Waals surface area contributed by atoms with Crippen LogP contribution in [0.25, 0.3) is 0 Å². The van der Waals surface area contributed by atoms with Crippen LogP contribution in [0.3, 0.4) is 0 Å². The molecular weight excluding hydrogens is 278 g/mol. The molecule has 6 nitrogen and oxygen atoms in total. The van der Waals surface area contributed by atoms with Gasteiger partial charge in [-0.1, -0.05) is 6.08 Å². The predicted molar refractivity (Wildman–Crippen MR) is 90.0 cm³/mol. The second-order valence-corrected chi connectivity index (χ2v) is 6.23. The van der Waals surface area contributed by atoms with Crippen molar-refractivity contribution in [1.82, 2.24) is 20.0 Å². The Morgan fingerprint density at radius 1 is 1.36 bits per heavy atom. The number of guanidine groups is 1. The fraction of sp³-hybridized carbons (Fsp3) is 0.750. The van der Waals surface area contributed by atoms with Crippen molar-refractivity contribution in [3.05, 3.63) is 12.7 Å². The lowest BCUT2D eigenvalue weighted by molar-refractivity contribution is -0.127. The second kappa shape index (κ2) is 8.17. The van der Waals surface area contributed by atoms with Crippen LogP contribution < -0.4 is 5.32 Å². The molecule has 22 heavy (non-hydrogen) atoms. The maximum absolute atomic E-state index is 11.8. The van der Waals surface area contributed by atoms with Crippen LogP contribution in [0, 0.1) is 0 Å². The van der Waals surface area contributed by atoms with Crippen molar-refractivity contribution in [3.63, 3.8) is 0 Å². The van der Waals surface area contributed by atoms with Crippen LogP contribution in [0.2, 0.25) is 0 Å². The summed E-state index contributed by atoms with van der Waals surface area (Å²) in [5, 5.41) is 3.29. The Kier molecular flexibility index (Phi) is 6.24. The number of likely N-dealkylation sites (tertiary alicyclic amines) is 2. The largest absolute Gasteiger partial charge is 0.353 e. The zero-order valence-corrected chi connectivity index (χ0v) is 13.9. The molecule has 2 aliphatic rings. The normalized spacial score (nSPS) is 22.9. The lowest BCUT2D eigenvalue weighted by Gasteiger charge is -2.25. The summed E-state index contributed by atoms with van der Waals surface area (Å²) in [5.74, 6) is 0.852. The number of nitrogens with one attached hydrogen (secondary N) is 1. The summed E-state index contributed by atoms with van der Waals surface area (Å²) in [6.07, 6.45) is 5.64. The first-order valence-corrected chi connectivity index (χ1v) is 8.20. The summed E-state index contributed by atoms with van der Waals surface area (Å²) in [4.78, 5) is 22.7. The molecule has 0 bridgehead atoms. The highest BCUT2D eigenvalue weighted by molar-refractivity contribution is 5.85. The Morgan fingerprint density at radius 2 is 2.09 bits per heavy atom. The van der Waals surface area contributed by atoms with E-state index in [2.05, 4.69) is 26.7 Å². The number of nitrogens with zero attached hydrogens (tertiary/aromatic N) is 4. The van der Waals surface area contributed by atoms with E-state index in [0.717, 1.165) is 19.0 Å². The first-order chi connectivity index (χ1) is 10.6. The summed E-state index contributed by atoms with van der Waals surface area (Å²) in [7, 11) is 3.52. The molecule has 1 unspecified atom stereocenters. The van der Waals surface area contributed by atoms with E-state index in [0.29, 0.717) is 12.6 Å². The Labute approximate surface area is 133 Å². The van der Waals surface area contributed by atoms with E-state index in [1.54, 1.807) is 19.0 Å². The highest BCUT2D eigenvalue weighted by Gasteiger charge is 2.30. The Morgan fingerprint density at radius 3 is 2.73 bits per heavy atom. The molecule has 0 aromatic heterocycles. The maximum atomic E-state index is 11.8. The fourth-order valence-corrected chi connectivity index (χ4v) is 3.05. The summed E-state index contributed by atoms with van der Waals surface area (Å²) < 4.78 is 0. The lowest BCUT2D eigenvalue weighted by Crippen LogP contribution is -2.43. The van der Waals surface area contributed by atoms with Crippen molar-refractivity contribution in [2.75, 3.05) is 53.4 Å². The molecule has 2 saturated heterocycles. The van der Waals surface area contributed by atoms with Crippen molar-refractivity contribution in [2.45, 2.75) is 25.3 Å². The van der Waals surface area contributed by atoms with Gasteiger partial charge in [-0.05, 0) is 32.4 Å². The van der Waals surface area contributed by atoms with Crippen molar-refractivity contribution < 1.29 is 4.79 Å². The SMILES string of the molecule is C=CCNC(=NCC(=O)N(C)C)N1CCC(N2CCCC2)C1. The number of hydrogen-bond donors (Lipinski definition) is 1. The molecule has 0 radical (unpaired) electrons. The summed E-state index contributed by atoms with van der Waals surface area (Å²) in [6, 6.07) is 0.628. The average molecular weight is 307 g/mol. The van der Waals surface area contributed by atoms with Gasteiger partial charge in [0.25, 0.3) is 0 Å². The first kappa shape index (κ1) is 16.8. The van der Waals surface area contributed by atoms with Crippen molar-refractivity contribution in [2.24, 2.45) is 4.99 Å². The smallest absolute Gasteiger partial charge is 0.243 e. The van der Waals surface area contributed by atoms with Crippen LogP contribution >= 0.6 is 0 Å². The minimum absolute atomic E-state index is 0.0215. The van der Waals surface area contributed by atoms with Crippen LogP contribution in [-0.4, -0.2) is 86.0 Å². The van der Waals surface area contributed by atoms with E-state index in [-0.39, 0.29) is 12.5 Å². The van der Waals surface area contributed by atoms with Crippen LogP contribution in [0.1, 0.15) is 19.3 Å². The molecular formula is C16H29N5O. The standard InChI is InChI=1S/C16H29N5O/c1-4-8-17-16(18-12-15(22)19(2)3)21-11-7-14(13-21)20-9-5-6-10-20/h4,14H,1,5-13H2,2-3H3,(H,17,18).